The molecule has 2 aliphatic rings. The highest BCUT2D eigenvalue weighted by Crippen LogP contribution is 2.36. The molecule has 1 atom stereocenters. The van der Waals surface area contributed by atoms with Gasteiger partial charge in [-0.05, 0) is 36.9 Å². The SMILES string of the molecule is Fc1cc2c(cc1C1CCCNC1)OCCCO2. The van der Waals surface area contributed by atoms with Crippen LogP contribution in [-0.2, 0) is 0 Å². The van der Waals surface area contributed by atoms with E-state index in [9.17, 15) is 4.39 Å². The minimum atomic E-state index is -0.173. The molecular formula is C14H18FNO2. The molecule has 0 spiro atoms. The van der Waals surface area contributed by atoms with Crippen LogP contribution in [0, 0.1) is 5.82 Å². The van der Waals surface area contributed by atoms with Gasteiger partial charge >= 0.3 is 0 Å². The molecule has 0 saturated carbocycles. The molecule has 98 valence electrons. The van der Waals surface area contributed by atoms with Gasteiger partial charge in [0.1, 0.15) is 5.82 Å². The van der Waals surface area contributed by atoms with E-state index < -0.39 is 0 Å². The Hall–Kier alpha value is -1.29. The summed E-state index contributed by atoms with van der Waals surface area (Å²) in [6, 6.07) is 3.30. The van der Waals surface area contributed by atoms with Crippen molar-refractivity contribution in [1.82, 2.24) is 5.32 Å². The fourth-order valence-electron chi connectivity index (χ4n) is 2.63. The molecule has 0 bridgehead atoms. The highest BCUT2D eigenvalue weighted by molar-refractivity contribution is 5.45. The third-order valence-corrected chi connectivity index (χ3v) is 3.60. The molecule has 2 aliphatic heterocycles. The number of halogens is 1. The zero-order valence-electron chi connectivity index (χ0n) is 10.4. The molecule has 1 saturated heterocycles. The number of nitrogens with one attached hydrogen (secondary N) is 1. The van der Waals surface area contributed by atoms with Crippen LogP contribution >= 0.6 is 0 Å². The molecule has 1 N–H and O–H groups in total. The van der Waals surface area contributed by atoms with Crippen LogP contribution in [0.3, 0.4) is 0 Å². The minimum absolute atomic E-state index is 0.173. The number of hydrogen-bond acceptors (Lipinski definition) is 3. The zero-order chi connectivity index (χ0) is 12.4. The van der Waals surface area contributed by atoms with Crippen LogP contribution in [0.5, 0.6) is 11.5 Å². The largest absolute Gasteiger partial charge is 0.490 e. The summed E-state index contributed by atoms with van der Waals surface area (Å²) in [5, 5.41) is 3.31. The highest BCUT2D eigenvalue weighted by Gasteiger charge is 2.22. The molecule has 2 heterocycles. The molecule has 1 aromatic rings. The summed E-state index contributed by atoms with van der Waals surface area (Å²) in [5.74, 6) is 1.30. The lowest BCUT2D eigenvalue weighted by atomic mass is 9.91. The van der Waals surface area contributed by atoms with Crippen LogP contribution in [0.4, 0.5) is 4.39 Å². The van der Waals surface area contributed by atoms with Crippen LogP contribution in [0.2, 0.25) is 0 Å². The molecule has 0 amide bonds. The second-order valence-corrected chi connectivity index (χ2v) is 4.91. The highest BCUT2D eigenvalue weighted by atomic mass is 19.1. The molecule has 1 unspecified atom stereocenters. The van der Waals surface area contributed by atoms with Gasteiger partial charge < -0.3 is 14.8 Å². The van der Waals surface area contributed by atoms with E-state index in [1.807, 2.05) is 6.07 Å². The molecule has 0 aliphatic carbocycles. The lowest BCUT2D eigenvalue weighted by Crippen LogP contribution is -2.28. The van der Waals surface area contributed by atoms with Crippen molar-refractivity contribution >= 4 is 0 Å². The predicted octanol–water partition coefficient (Wildman–Crippen LogP) is 2.45. The first-order chi connectivity index (χ1) is 8.84. The van der Waals surface area contributed by atoms with Crippen LogP contribution in [0.15, 0.2) is 12.1 Å². The average Bonchev–Trinajstić information content (AvgIpc) is 2.63. The Balaban J connectivity index is 1.92. The quantitative estimate of drug-likeness (QED) is 0.831. The Morgan fingerprint density at radius 1 is 1.11 bits per heavy atom. The lowest BCUT2D eigenvalue weighted by molar-refractivity contribution is 0.296. The van der Waals surface area contributed by atoms with E-state index in [1.54, 1.807) is 0 Å². The molecular weight excluding hydrogens is 233 g/mol. The van der Waals surface area contributed by atoms with Crippen molar-refractivity contribution in [2.24, 2.45) is 0 Å². The third kappa shape index (κ3) is 2.29. The van der Waals surface area contributed by atoms with Crippen molar-refractivity contribution in [1.29, 1.82) is 0 Å². The smallest absolute Gasteiger partial charge is 0.164 e. The van der Waals surface area contributed by atoms with E-state index >= 15 is 0 Å². The normalized spacial score (nSPS) is 23.5. The Morgan fingerprint density at radius 3 is 2.61 bits per heavy atom. The molecule has 1 fully saturated rings. The van der Waals surface area contributed by atoms with Gasteiger partial charge in [-0.25, -0.2) is 4.39 Å². The van der Waals surface area contributed by atoms with Gasteiger partial charge in [0.25, 0.3) is 0 Å². The van der Waals surface area contributed by atoms with Crippen molar-refractivity contribution in [3.63, 3.8) is 0 Å². The minimum Gasteiger partial charge on any atom is -0.490 e. The van der Waals surface area contributed by atoms with Gasteiger partial charge in [-0.1, -0.05) is 0 Å². The molecule has 3 rings (SSSR count). The van der Waals surface area contributed by atoms with Gasteiger partial charge in [0.2, 0.25) is 0 Å². The number of fused-ring (bicyclic) bond motifs is 1. The van der Waals surface area contributed by atoms with E-state index in [4.69, 9.17) is 9.47 Å². The van der Waals surface area contributed by atoms with E-state index in [2.05, 4.69) is 5.32 Å². The zero-order valence-corrected chi connectivity index (χ0v) is 10.4. The number of rotatable bonds is 1. The van der Waals surface area contributed by atoms with Crippen LogP contribution in [0.1, 0.15) is 30.7 Å². The van der Waals surface area contributed by atoms with Gasteiger partial charge in [0, 0.05) is 19.0 Å². The number of ether oxygens (including phenoxy) is 2. The third-order valence-electron chi connectivity index (χ3n) is 3.60. The van der Waals surface area contributed by atoms with Crippen LogP contribution in [0.25, 0.3) is 0 Å². The Labute approximate surface area is 106 Å². The van der Waals surface area contributed by atoms with Gasteiger partial charge in [0.15, 0.2) is 11.5 Å². The standard InChI is InChI=1S/C14H18FNO2/c15-12-8-14-13(17-5-2-6-18-14)7-11(12)10-3-1-4-16-9-10/h7-8,10,16H,1-6,9H2. The van der Waals surface area contributed by atoms with Crippen molar-refractivity contribution in [3.05, 3.63) is 23.5 Å². The van der Waals surface area contributed by atoms with Crippen molar-refractivity contribution in [3.8, 4) is 11.5 Å². The first kappa shape index (κ1) is 11.8. The maximum atomic E-state index is 14.1. The Bertz CT molecular complexity index is 430. The van der Waals surface area contributed by atoms with E-state index in [0.29, 0.717) is 24.7 Å². The summed E-state index contributed by atoms with van der Waals surface area (Å²) in [5.41, 5.74) is 0.756. The molecule has 0 radical (unpaired) electrons. The topological polar surface area (TPSA) is 30.5 Å². The Kier molecular flexibility index (Phi) is 3.37. The molecule has 3 nitrogen and oxygen atoms in total. The number of benzene rings is 1. The van der Waals surface area contributed by atoms with Gasteiger partial charge in [0.05, 0.1) is 13.2 Å². The van der Waals surface area contributed by atoms with E-state index in [1.165, 1.54) is 6.07 Å². The predicted molar refractivity (Wildman–Crippen MR) is 66.9 cm³/mol. The molecule has 4 heteroatoms. The van der Waals surface area contributed by atoms with Crippen LogP contribution < -0.4 is 14.8 Å². The van der Waals surface area contributed by atoms with E-state index in [0.717, 1.165) is 37.9 Å². The van der Waals surface area contributed by atoms with Gasteiger partial charge in [-0.3, -0.25) is 0 Å². The summed E-state index contributed by atoms with van der Waals surface area (Å²) in [6.07, 6.45) is 2.97. The average molecular weight is 251 g/mol. The maximum Gasteiger partial charge on any atom is 0.164 e. The Morgan fingerprint density at radius 2 is 1.89 bits per heavy atom. The first-order valence-corrected chi connectivity index (χ1v) is 6.64. The van der Waals surface area contributed by atoms with Crippen molar-refractivity contribution in [2.45, 2.75) is 25.2 Å². The summed E-state index contributed by atoms with van der Waals surface area (Å²) < 4.78 is 25.2. The molecule has 18 heavy (non-hydrogen) atoms. The van der Waals surface area contributed by atoms with Gasteiger partial charge in [-0.15, -0.1) is 0 Å². The summed E-state index contributed by atoms with van der Waals surface area (Å²) in [4.78, 5) is 0. The summed E-state index contributed by atoms with van der Waals surface area (Å²) in [7, 11) is 0. The van der Waals surface area contributed by atoms with Gasteiger partial charge in [-0.2, -0.15) is 0 Å². The molecule has 0 aromatic heterocycles. The monoisotopic (exact) mass is 251 g/mol. The maximum absolute atomic E-state index is 14.1. The summed E-state index contributed by atoms with van der Waals surface area (Å²) in [6.45, 7) is 3.11. The van der Waals surface area contributed by atoms with Crippen LogP contribution in [-0.4, -0.2) is 26.3 Å². The second-order valence-electron chi connectivity index (χ2n) is 4.91. The summed E-state index contributed by atoms with van der Waals surface area (Å²) >= 11 is 0. The fraction of sp³-hybridized carbons (Fsp3) is 0.571. The second kappa shape index (κ2) is 5.14. The number of hydrogen-bond donors (Lipinski definition) is 1. The van der Waals surface area contributed by atoms with E-state index in [-0.39, 0.29) is 11.7 Å². The first-order valence-electron chi connectivity index (χ1n) is 6.64. The van der Waals surface area contributed by atoms with Crippen molar-refractivity contribution < 1.29 is 13.9 Å². The van der Waals surface area contributed by atoms with Crippen molar-refractivity contribution in [2.75, 3.05) is 26.3 Å². The fourth-order valence-corrected chi connectivity index (χ4v) is 2.63. The molecule has 1 aromatic carbocycles. The lowest BCUT2D eigenvalue weighted by Gasteiger charge is -2.24. The number of piperidine rings is 1.